The molecule has 0 aliphatic heterocycles. The van der Waals surface area contributed by atoms with E-state index >= 15 is 0 Å². The lowest BCUT2D eigenvalue weighted by Crippen LogP contribution is -2.56. The molecule has 0 heterocycles. The molecule has 0 saturated heterocycles. The van der Waals surface area contributed by atoms with E-state index in [1.165, 1.54) is 14.0 Å². The molecule has 0 radical (unpaired) electrons. The number of hydrogen-bond acceptors (Lipinski definition) is 6. The minimum absolute atomic E-state index is 0.250. The maximum absolute atomic E-state index is 11.7. The second-order valence-corrected chi connectivity index (χ2v) is 4.53. The normalized spacial score (nSPS) is 27.1. The summed E-state index contributed by atoms with van der Waals surface area (Å²) in [5, 5.41) is 37.5. The highest BCUT2D eigenvalue weighted by Crippen LogP contribution is 2.54. The lowest BCUT2D eigenvalue weighted by atomic mass is 9.51. The lowest BCUT2D eigenvalue weighted by Gasteiger charge is -2.44. The highest BCUT2D eigenvalue weighted by atomic mass is 16.5. The first-order valence-electron chi connectivity index (χ1n) is 5.68. The van der Waals surface area contributed by atoms with Crippen molar-refractivity contribution in [2.45, 2.75) is 25.9 Å². The number of ether oxygens (including phenoxy) is 1. The van der Waals surface area contributed by atoms with Crippen molar-refractivity contribution in [3.05, 3.63) is 0 Å². The Labute approximate surface area is 111 Å². The van der Waals surface area contributed by atoms with E-state index in [0.717, 1.165) is 0 Å². The number of carbonyl (C=O) groups excluding carboxylic acids is 1. The fourth-order valence-electron chi connectivity index (χ4n) is 2.79. The predicted molar refractivity (Wildman–Crippen MR) is 61.5 cm³/mol. The van der Waals surface area contributed by atoms with Gasteiger partial charge in [0.15, 0.2) is 5.41 Å². The minimum Gasteiger partial charge on any atom is -0.379 e. The van der Waals surface area contributed by atoms with Crippen molar-refractivity contribution in [2.24, 2.45) is 16.7 Å². The smallest absolute Gasteiger partial charge is 0.201 e. The number of methoxy groups -OCH3 is 1. The fourth-order valence-corrected chi connectivity index (χ4v) is 2.79. The van der Waals surface area contributed by atoms with E-state index in [1.54, 1.807) is 24.3 Å². The zero-order valence-electron chi connectivity index (χ0n) is 10.7. The van der Waals surface area contributed by atoms with Crippen LogP contribution in [0.4, 0.5) is 0 Å². The molecule has 0 bridgehead atoms. The maximum atomic E-state index is 11.7. The molecule has 1 fully saturated rings. The number of ketones is 1. The molecule has 1 saturated carbocycles. The van der Waals surface area contributed by atoms with Crippen LogP contribution in [0.3, 0.4) is 0 Å². The van der Waals surface area contributed by atoms with Crippen LogP contribution in [0, 0.1) is 62.1 Å². The average molecular weight is 256 g/mol. The van der Waals surface area contributed by atoms with Crippen LogP contribution in [0.15, 0.2) is 0 Å². The summed E-state index contributed by atoms with van der Waals surface area (Å²) in [7, 11) is 1.32. The summed E-state index contributed by atoms with van der Waals surface area (Å²) in [6, 6.07) is 7.02. The Hall–Kier alpha value is -2.41. The van der Waals surface area contributed by atoms with E-state index < -0.39 is 22.9 Å². The molecule has 0 aromatic heterocycles. The molecule has 19 heavy (non-hydrogen) atoms. The van der Waals surface area contributed by atoms with Gasteiger partial charge >= 0.3 is 0 Å². The van der Waals surface area contributed by atoms with Crippen molar-refractivity contribution in [2.75, 3.05) is 7.11 Å². The monoisotopic (exact) mass is 256 g/mol. The Morgan fingerprint density at radius 2 is 1.53 bits per heavy atom. The highest BCUT2D eigenvalue weighted by Gasteiger charge is 2.66. The van der Waals surface area contributed by atoms with E-state index in [4.69, 9.17) is 4.74 Å². The molecule has 96 valence electrons. The first-order valence-corrected chi connectivity index (χ1v) is 5.68. The van der Waals surface area contributed by atoms with Gasteiger partial charge in [0.1, 0.15) is 5.78 Å². The van der Waals surface area contributed by atoms with Gasteiger partial charge in [-0.15, -0.1) is 0 Å². The van der Waals surface area contributed by atoms with Gasteiger partial charge in [-0.1, -0.05) is 0 Å². The van der Waals surface area contributed by atoms with Crippen molar-refractivity contribution in [1.82, 2.24) is 0 Å². The number of nitriles is 4. The quantitative estimate of drug-likeness (QED) is 0.728. The Kier molecular flexibility index (Phi) is 3.91. The van der Waals surface area contributed by atoms with Crippen LogP contribution in [-0.2, 0) is 9.53 Å². The molecule has 1 aliphatic rings. The van der Waals surface area contributed by atoms with Crippen LogP contribution in [0.5, 0.6) is 0 Å². The minimum atomic E-state index is -2.00. The Morgan fingerprint density at radius 3 is 1.84 bits per heavy atom. The topological polar surface area (TPSA) is 121 Å². The third kappa shape index (κ3) is 1.66. The van der Waals surface area contributed by atoms with Crippen molar-refractivity contribution < 1.29 is 9.53 Å². The zero-order valence-corrected chi connectivity index (χ0v) is 10.7. The molecular formula is C13H12N4O2. The highest BCUT2D eigenvalue weighted by molar-refractivity contribution is 5.81. The third-order valence-corrected chi connectivity index (χ3v) is 3.83. The second-order valence-electron chi connectivity index (χ2n) is 4.53. The maximum Gasteiger partial charge on any atom is 0.201 e. The molecule has 0 aromatic carbocycles. The molecule has 0 amide bonds. The van der Waals surface area contributed by atoms with Crippen LogP contribution < -0.4 is 0 Å². The van der Waals surface area contributed by atoms with Crippen molar-refractivity contribution in [3.63, 3.8) is 0 Å². The zero-order chi connectivity index (χ0) is 14.7. The molecule has 0 aromatic rings. The van der Waals surface area contributed by atoms with Gasteiger partial charge < -0.3 is 4.74 Å². The largest absolute Gasteiger partial charge is 0.379 e. The van der Waals surface area contributed by atoms with Crippen molar-refractivity contribution in [1.29, 1.82) is 21.0 Å². The van der Waals surface area contributed by atoms with Gasteiger partial charge in [-0.05, 0) is 19.8 Å². The van der Waals surface area contributed by atoms with Gasteiger partial charge in [-0.25, -0.2) is 0 Å². The molecule has 6 nitrogen and oxygen atoms in total. The van der Waals surface area contributed by atoms with E-state index in [-0.39, 0.29) is 18.6 Å². The summed E-state index contributed by atoms with van der Waals surface area (Å²) in [4.78, 5) is 11.7. The molecule has 0 unspecified atom stereocenters. The van der Waals surface area contributed by atoms with E-state index in [0.29, 0.717) is 0 Å². The molecule has 2 atom stereocenters. The van der Waals surface area contributed by atoms with Crippen LogP contribution in [-0.4, -0.2) is 19.0 Å². The standard InChI is InChI=1S/C13H12N4O2/c1-9(18)10-3-4-11(19-2)13(7-16,8-17)12(10,5-14)6-15/h10-11H,3-4H2,1-2H3/t10-,11-/m1/s1. The van der Waals surface area contributed by atoms with Gasteiger partial charge in [0.2, 0.25) is 5.41 Å². The number of Topliss-reactive ketones (excluding diaryl/α,β-unsaturated/α-hetero) is 1. The number of hydrogen-bond donors (Lipinski definition) is 0. The summed E-state index contributed by atoms with van der Waals surface area (Å²) >= 11 is 0. The summed E-state index contributed by atoms with van der Waals surface area (Å²) in [5.41, 5.74) is -3.96. The van der Waals surface area contributed by atoms with Gasteiger partial charge in [0.25, 0.3) is 0 Å². The van der Waals surface area contributed by atoms with Crippen LogP contribution in [0.1, 0.15) is 19.8 Å². The number of carbonyl (C=O) groups is 1. The number of nitrogens with zero attached hydrogens (tertiary/aromatic N) is 4. The molecule has 0 spiro atoms. The van der Waals surface area contributed by atoms with Gasteiger partial charge in [0, 0.05) is 7.11 Å². The molecule has 1 aliphatic carbocycles. The van der Waals surface area contributed by atoms with E-state index in [9.17, 15) is 25.8 Å². The first kappa shape index (κ1) is 14.7. The Balaban J connectivity index is 3.64. The van der Waals surface area contributed by atoms with Gasteiger partial charge in [-0.2, -0.15) is 21.0 Å². The first-order chi connectivity index (χ1) is 8.99. The van der Waals surface area contributed by atoms with Crippen LogP contribution >= 0.6 is 0 Å². The lowest BCUT2D eigenvalue weighted by molar-refractivity contribution is -0.130. The molecular weight excluding hydrogens is 244 g/mol. The summed E-state index contributed by atoms with van der Waals surface area (Å²) in [6.07, 6.45) is -0.329. The third-order valence-electron chi connectivity index (χ3n) is 3.83. The van der Waals surface area contributed by atoms with Crippen molar-refractivity contribution in [3.8, 4) is 24.3 Å². The van der Waals surface area contributed by atoms with E-state index in [1.807, 2.05) is 0 Å². The van der Waals surface area contributed by atoms with Crippen molar-refractivity contribution >= 4 is 5.78 Å². The Morgan fingerprint density at radius 1 is 1.05 bits per heavy atom. The predicted octanol–water partition coefficient (Wildman–Crippen LogP) is 1.07. The number of rotatable bonds is 2. The van der Waals surface area contributed by atoms with E-state index in [2.05, 4.69) is 0 Å². The molecule has 1 rings (SSSR count). The van der Waals surface area contributed by atoms with Gasteiger partial charge in [-0.3, -0.25) is 4.79 Å². The van der Waals surface area contributed by atoms with Crippen LogP contribution in [0.2, 0.25) is 0 Å². The average Bonchev–Trinajstić information content (AvgIpc) is 2.44. The summed E-state index contributed by atoms with van der Waals surface area (Å²) in [6.45, 7) is 1.26. The second kappa shape index (κ2) is 5.07. The summed E-state index contributed by atoms with van der Waals surface area (Å²) in [5.74, 6) is -1.32. The van der Waals surface area contributed by atoms with Crippen LogP contribution in [0.25, 0.3) is 0 Å². The molecule has 6 heteroatoms. The fraction of sp³-hybridized carbons (Fsp3) is 0.615. The SMILES string of the molecule is CO[C@@H]1CC[C@H](C(C)=O)C(C#N)(C#N)C1(C#N)C#N. The summed E-state index contributed by atoms with van der Waals surface area (Å²) < 4.78 is 5.12. The molecule has 0 N–H and O–H groups in total. The Bertz CT molecular complexity index is 527. The van der Waals surface area contributed by atoms with Gasteiger partial charge in [0.05, 0.1) is 36.3 Å².